The molecule has 2 atom stereocenters. The standard InChI is InChI=1S/C22H31N5O2/c1-8-25-19-16(12-23)9-10-18(20(19)24-6)27-13-15(2)11-17(14-27)26(7)21(28)29-22(3,4)5/h8-10,15,17H,6,11,13-14H2,1-5,7H3/b25-8-/t15-,17+/m0/s1. The Morgan fingerprint density at radius 3 is 2.62 bits per heavy atom. The summed E-state index contributed by atoms with van der Waals surface area (Å²) in [7, 11) is 1.78. The van der Waals surface area contributed by atoms with Crippen LogP contribution in [0.25, 0.3) is 0 Å². The summed E-state index contributed by atoms with van der Waals surface area (Å²) in [6, 6.07) is 5.82. The van der Waals surface area contributed by atoms with E-state index in [0.717, 1.165) is 18.7 Å². The number of nitrogens with zero attached hydrogens (tertiary/aromatic N) is 5. The molecular weight excluding hydrogens is 366 g/mol. The molecule has 1 aliphatic heterocycles. The number of aliphatic imine (C=N–C) groups is 2. The van der Waals surface area contributed by atoms with Crippen LogP contribution in [0.3, 0.4) is 0 Å². The second-order valence-corrected chi connectivity index (χ2v) is 8.48. The van der Waals surface area contributed by atoms with Crippen molar-refractivity contribution < 1.29 is 9.53 Å². The molecule has 1 aromatic rings. The number of anilines is 1. The Bertz CT molecular complexity index is 835. The summed E-state index contributed by atoms with van der Waals surface area (Å²) in [5, 5.41) is 9.42. The number of hydrogen-bond acceptors (Lipinski definition) is 6. The lowest BCUT2D eigenvalue weighted by Crippen LogP contribution is -2.52. The topological polar surface area (TPSA) is 81.3 Å². The van der Waals surface area contributed by atoms with Crippen LogP contribution in [0.15, 0.2) is 22.1 Å². The molecule has 0 radical (unpaired) electrons. The average molecular weight is 398 g/mol. The molecule has 1 amide bonds. The van der Waals surface area contributed by atoms with Gasteiger partial charge >= 0.3 is 6.09 Å². The lowest BCUT2D eigenvalue weighted by molar-refractivity contribution is 0.0195. The Balaban J connectivity index is 2.36. The van der Waals surface area contributed by atoms with E-state index in [0.29, 0.717) is 29.4 Å². The summed E-state index contributed by atoms with van der Waals surface area (Å²) in [6.07, 6.45) is 2.21. The fourth-order valence-electron chi connectivity index (χ4n) is 3.61. The normalized spacial score (nSPS) is 19.7. The molecule has 1 aliphatic rings. The molecule has 7 nitrogen and oxygen atoms in total. The summed E-state index contributed by atoms with van der Waals surface area (Å²) in [6.45, 7) is 14.7. The predicted octanol–water partition coefficient (Wildman–Crippen LogP) is 4.69. The SMILES string of the molecule is C=Nc1c(N2C[C@@H](C)C[C@@H](N(C)C(=O)OC(C)(C)C)C2)ccc(C#N)c1/N=C\C. The van der Waals surface area contributed by atoms with Crippen LogP contribution in [0.5, 0.6) is 0 Å². The fourth-order valence-corrected chi connectivity index (χ4v) is 3.61. The summed E-state index contributed by atoms with van der Waals surface area (Å²) >= 11 is 0. The van der Waals surface area contributed by atoms with Crippen molar-refractivity contribution in [2.24, 2.45) is 15.9 Å². The van der Waals surface area contributed by atoms with Crippen LogP contribution in [0.4, 0.5) is 21.9 Å². The smallest absolute Gasteiger partial charge is 0.410 e. The first kappa shape index (κ1) is 22.4. The van der Waals surface area contributed by atoms with Crippen LogP contribution in [0, 0.1) is 17.2 Å². The number of likely N-dealkylation sites (N-methyl/N-ethyl adjacent to an activating group) is 1. The number of carbonyl (C=O) groups is 1. The van der Waals surface area contributed by atoms with Gasteiger partial charge in [0.25, 0.3) is 0 Å². The van der Waals surface area contributed by atoms with Crippen LogP contribution in [0.2, 0.25) is 0 Å². The zero-order valence-corrected chi connectivity index (χ0v) is 18.3. The number of carbonyl (C=O) groups excluding carboxylic acids is 1. The molecule has 0 unspecified atom stereocenters. The van der Waals surface area contributed by atoms with Gasteiger partial charge in [-0.15, -0.1) is 0 Å². The van der Waals surface area contributed by atoms with E-state index >= 15 is 0 Å². The molecule has 29 heavy (non-hydrogen) atoms. The second-order valence-electron chi connectivity index (χ2n) is 8.48. The van der Waals surface area contributed by atoms with Crippen molar-refractivity contribution in [3.8, 4) is 6.07 Å². The molecule has 0 spiro atoms. The summed E-state index contributed by atoms with van der Waals surface area (Å²) in [5.41, 5.74) is 1.91. The van der Waals surface area contributed by atoms with Crippen molar-refractivity contribution in [1.82, 2.24) is 4.90 Å². The van der Waals surface area contributed by atoms with Crippen LogP contribution >= 0.6 is 0 Å². The largest absolute Gasteiger partial charge is 0.444 e. The van der Waals surface area contributed by atoms with Gasteiger partial charge in [0, 0.05) is 26.4 Å². The maximum absolute atomic E-state index is 12.6. The molecule has 156 valence electrons. The Hall–Kier alpha value is -2.88. The minimum Gasteiger partial charge on any atom is -0.444 e. The average Bonchev–Trinajstić information content (AvgIpc) is 2.65. The molecule has 7 heteroatoms. The minimum absolute atomic E-state index is 0.0000325. The van der Waals surface area contributed by atoms with Gasteiger partial charge in [-0.2, -0.15) is 5.26 Å². The quantitative estimate of drug-likeness (QED) is 0.690. The van der Waals surface area contributed by atoms with E-state index in [1.165, 1.54) is 0 Å². The number of nitriles is 1. The number of rotatable bonds is 4. The summed E-state index contributed by atoms with van der Waals surface area (Å²) in [5.74, 6) is 0.366. The van der Waals surface area contributed by atoms with Gasteiger partial charge in [-0.3, -0.25) is 9.98 Å². The van der Waals surface area contributed by atoms with E-state index in [1.54, 1.807) is 31.2 Å². The van der Waals surface area contributed by atoms with Gasteiger partial charge in [-0.25, -0.2) is 4.79 Å². The molecule has 0 aliphatic carbocycles. The van der Waals surface area contributed by atoms with Crippen LogP contribution in [0.1, 0.15) is 46.6 Å². The Morgan fingerprint density at radius 1 is 1.38 bits per heavy atom. The van der Waals surface area contributed by atoms with Gasteiger partial charge in [0.1, 0.15) is 23.0 Å². The van der Waals surface area contributed by atoms with Crippen molar-refractivity contribution in [3.63, 3.8) is 0 Å². The second kappa shape index (κ2) is 9.08. The van der Waals surface area contributed by atoms with Gasteiger partial charge in [-0.05, 0) is 58.9 Å². The van der Waals surface area contributed by atoms with Gasteiger partial charge < -0.3 is 14.5 Å². The molecule has 1 fully saturated rings. The van der Waals surface area contributed by atoms with E-state index in [4.69, 9.17) is 4.74 Å². The van der Waals surface area contributed by atoms with Gasteiger partial charge in [-0.1, -0.05) is 6.92 Å². The number of ether oxygens (including phenoxy) is 1. The van der Waals surface area contributed by atoms with Gasteiger partial charge in [0.05, 0.1) is 17.3 Å². The maximum Gasteiger partial charge on any atom is 0.410 e. The van der Waals surface area contributed by atoms with Crippen molar-refractivity contribution in [1.29, 1.82) is 5.26 Å². The molecule has 2 rings (SSSR count). The lowest BCUT2D eigenvalue weighted by atomic mass is 9.94. The van der Waals surface area contributed by atoms with E-state index in [9.17, 15) is 10.1 Å². The zero-order valence-electron chi connectivity index (χ0n) is 18.3. The van der Waals surface area contributed by atoms with Crippen molar-refractivity contribution in [2.75, 3.05) is 25.0 Å². The third-order valence-corrected chi connectivity index (χ3v) is 4.87. The lowest BCUT2D eigenvalue weighted by Gasteiger charge is -2.42. The Kier molecular flexibility index (Phi) is 7.02. The van der Waals surface area contributed by atoms with E-state index < -0.39 is 5.60 Å². The number of piperidine rings is 1. The maximum atomic E-state index is 12.6. The molecule has 1 saturated heterocycles. The number of benzene rings is 1. The summed E-state index contributed by atoms with van der Waals surface area (Å²) in [4.78, 5) is 25.0. The first-order valence-corrected chi connectivity index (χ1v) is 9.84. The Morgan fingerprint density at radius 2 is 2.07 bits per heavy atom. The third kappa shape index (κ3) is 5.35. The van der Waals surface area contributed by atoms with E-state index in [-0.39, 0.29) is 12.1 Å². The minimum atomic E-state index is -0.536. The third-order valence-electron chi connectivity index (χ3n) is 4.87. The van der Waals surface area contributed by atoms with Crippen molar-refractivity contribution in [3.05, 3.63) is 17.7 Å². The van der Waals surface area contributed by atoms with Crippen molar-refractivity contribution >= 4 is 36.1 Å². The Labute approximate surface area is 173 Å². The number of amides is 1. The van der Waals surface area contributed by atoms with E-state index in [2.05, 4.69) is 34.6 Å². The highest BCUT2D eigenvalue weighted by Gasteiger charge is 2.33. The summed E-state index contributed by atoms with van der Waals surface area (Å²) < 4.78 is 5.54. The molecule has 0 bridgehead atoms. The van der Waals surface area contributed by atoms with Gasteiger partial charge in [0.15, 0.2) is 0 Å². The van der Waals surface area contributed by atoms with Crippen LogP contribution in [-0.4, -0.2) is 55.7 Å². The molecule has 0 N–H and O–H groups in total. The van der Waals surface area contributed by atoms with Crippen LogP contribution < -0.4 is 4.90 Å². The highest BCUT2D eigenvalue weighted by molar-refractivity contribution is 5.86. The molecule has 1 aromatic carbocycles. The highest BCUT2D eigenvalue weighted by atomic mass is 16.6. The molecular formula is C22H31N5O2. The highest BCUT2D eigenvalue weighted by Crippen LogP contribution is 2.41. The molecule has 1 heterocycles. The predicted molar refractivity (Wildman–Crippen MR) is 118 cm³/mol. The number of hydrogen-bond donors (Lipinski definition) is 0. The van der Waals surface area contributed by atoms with Gasteiger partial charge in [0.2, 0.25) is 0 Å². The first-order chi connectivity index (χ1) is 13.6. The monoisotopic (exact) mass is 397 g/mol. The van der Waals surface area contributed by atoms with Crippen molar-refractivity contribution in [2.45, 2.75) is 52.7 Å². The zero-order chi connectivity index (χ0) is 21.8. The van der Waals surface area contributed by atoms with E-state index in [1.807, 2.05) is 26.8 Å². The van der Waals surface area contributed by atoms with Crippen LogP contribution in [-0.2, 0) is 4.74 Å². The molecule has 0 saturated carbocycles. The fraction of sp³-hybridized carbons (Fsp3) is 0.545. The molecule has 0 aromatic heterocycles. The first-order valence-electron chi connectivity index (χ1n) is 9.84.